The van der Waals surface area contributed by atoms with Gasteiger partial charge in [0.05, 0.1) is 6.10 Å². The highest BCUT2D eigenvalue weighted by Gasteiger charge is 2.24. The number of aromatic nitrogens is 2. The lowest BCUT2D eigenvalue weighted by molar-refractivity contribution is 0.0594. The number of carbonyl (C=O) groups is 1. The van der Waals surface area contributed by atoms with Crippen LogP contribution in [0.1, 0.15) is 37.4 Å². The van der Waals surface area contributed by atoms with Crippen LogP contribution < -0.4 is 5.32 Å². The van der Waals surface area contributed by atoms with Crippen LogP contribution >= 0.6 is 0 Å². The number of amides is 2. The molecule has 1 N–H and O–H groups in total. The Kier molecular flexibility index (Phi) is 4.94. The SMILES string of the molecule is COC1CCCC(NC(=O)N(C)Cc2nc(C)no2)C1. The first-order valence-corrected chi connectivity index (χ1v) is 6.92. The number of carbonyl (C=O) groups excluding carboxylic acids is 1. The van der Waals surface area contributed by atoms with E-state index < -0.39 is 0 Å². The zero-order chi connectivity index (χ0) is 14.5. The van der Waals surface area contributed by atoms with Crippen molar-refractivity contribution in [2.75, 3.05) is 14.2 Å². The van der Waals surface area contributed by atoms with Crippen LogP contribution in [0.4, 0.5) is 4.79 Å². The number of ether oxygens (including phenoxy) is 1. The third kappa shape index (κ3) is 3.93. The van der Waals surface area contributed by atoms with Crippen molar-refractivity contribution in [1.29, 1.82) is 0 Å². The third-order valence-electron chi connectivity index (χ3n) is 3.58. The van der Waals surface area contributed by atoms with Gasteiger partial charge in [0.1, 0.15) is 6.54 Å². The van der Waals surface area contributed by atoms with Crippen molar-refractivity contribution in [1.82, 2.24) is 20.4 Å². The largest absolute Gasteiger partial charge is 0.381 e. The van der Waals surface area contributed by atoms with Crippen molar-refractivity contribution in [2.45, 2.75) is 51.3 Å². The summed E-state index contributed by atoms with van der Waals surface area (Å²) in [6.45, 7) is 2.06. The van der Waals surface area contributed by atoms with E-state index in [1.807, 2.05) is 0 Å². The second-order valence-corrected chi connectivity index (χ2v) is 5.26. The summed E-state index contributed by atoms with van der Waals surface area (Å²) < 4.78 is 10.4. The molecule has 1 aliphatic rings. The van der Waals surface area contributed by atoms with Gasteiger partial charge in [-0.1, -0.05) is 5.16 Å². The zero-order valence-corrected chi connectivity index (χ0v) is 12.3. The Labute approximate surface area is 118 Å². The molecule has 0 spiro atoms. The van der Waals surface area contributed by atoms with Crippen LogP contribution in [0, 0.1) is 6.92 Å². The van der Waals surface area contributed by atoms with Gasteiger partial charge in [-0.05, 0) is 32.6 Å². The van der Waals surface area contributed by atoms with E-state index in [2.05, 4.69) is 15.5 Å². The first-order valence-electron chi connectivity index (χ1n) is 6.92. The van der Waals surface area contributed by atoms with E-state index in [9.17, 15) is 4.79 Å². The summed E-state index contributed by atoms with van der Waals surface area (Å²) >= 11 is 0. The van der Waals surface area contributed by atoms with E-state index in [0.29, 0.717) is 18.3 Å². The van der Waals surface area contributed by atoms with E-state index in [1.165, 1.54) is 0 Å². The van der Waals surface area contributed by atoms with Gasteiger partial charge < -0.3 is 19.5 Å². The monoisotopic (exact) mass is 282 g/mol. The minimum absolute atomic E-state index is 0.123. The van der Waals surface area contributed by atoms with Gasteiger partial charge in [-0.25, -0.2) is 4.79 Å². The van der Waals surface area contributed by atoms with Crippen LogP contribution in [0.3, 0.4) is 0 Å². The van der Waals surface area contributed by atoms with Crippen LogP contribution in [-0.4, -0.2) is 47.4 Å². The molecule has 1 fully saturated rings. The minimum atomic E-state index is -0.123. The lowest BCUT2D eigenvalue weighted by Crippen LogP contribution is -2.45. The Morgan fingerprint density at radius 2 is 2.35 bits per heavy atom. The Morgan fingerprint density at radius 3 is 3.00 bits per heavy atom. The van der Waals surface area contributed by atoms with Crippen molar-refractivity contribution in [2.24, 2.45) is 0 Å². The number of hydrogen-bond acceptors (Lipinski definition) is 5. The first-order chi connectivity index (χ1) is 9.58. The van der Waals surface area contributed by atoms with Crippen LogP contribution in [0.15, 0.2) is 4.52 Å². The van der Waals surface area contributed by atoms with Crippen molar-refractivity contribution >= 4 is 6.03 Å². The number of urea groups is 1. The van der Waals surface area contributed by atoms with Gasteiger partial charge in [0, 0.05) is 20.2 Å². The number of rotatable bonds is 4. The molecule has 0 saturated heterocycles. The maximum Gasteiger partial charge on any atom is 0.317 e. The van der Waals surface area contributed by atoms with E-state index in [0.717, 1.165) is 25.7 Å². The zero-order valence-electron chi connectivity index (χ0n) is 12.3. The number of nitrogens with zero attached hydrogens (tertiary/aromatic N) is 3. The standard InChI is InChI=1S/C13H22N4O3/c1-9-14-12(20-16-9)8-17(2)13(18)15-10-5-4-6-11(7-10)19-3/h10-11H,4-8H2,1-3H3,(H,15,18). The van der Waals surface area contributed by atoms with E-state index in [4.69, 9.17) is 9.26 Å². The van der Waals surface area contributed by atoms with Gasteiger partial charge in [-0.3, -0.25) is 0 Å². The van der Waals surface area contributed by atoms with Crippen LogP contribution in [0.25, 0.3) is 0 Å². The summed E-state index contributed by atoms with van der Waals surface area (Å²) in [5, 5.41) is 6.73. The molecule has 2 atom stereocenters. The van der Waals surface area contributed by atoms with Gasteiger partial charge in [0.15, 0.2) is 5.82 Å². The normalized spacial score (nSPS) is 22.6. The average molecular weight is 282 g/mol. The first kappa shape index (κ1) is 14.8. The van der Waals surface area contributed by atoms with Crippen molar-refractivity contribution in [3.8, 4) is 0 Å². The smallest absolute Gasteiger partial charge is 0.317 e. The molecule has 1 saturated carbocycles. The lowest BCUT2D eigenvalue weighted by atomic mass is 9.93. The molecule has 0 bridgehead atoms. The molecule has 2 amide bonds. The van der Waals surface area contributed by atoms with E-state index in [1.54, 1.807) is 26.0 Å². The highest BCUT2D eigenvalue weighted by Crippen LogP contribution is 2.20. The highest BCUT2D eigenvalue weighted by atomic mass is 16.5. The fourth-order valence-corrected chi connectivity index (χ4v) is 2.45. The molecule has 0 radical (unpaired) electrons. The van der Waals surface area contributed by atoms with Crippen LogP contribution in [-0.2, 0) is 11.3 Å². The van der Waals surface area contributed by atoms with Gasteiger partial charge in [0.25, 0.3) is 0 Å². The maximum absolute atomic E-state index is 12.1. The molecular weight excluding hydrogens is 260 g/mol. The molecule has 1 aromatic heterocycles. The summed E-state index contributed by atoms with van der Waals surface area (Å²) in [6, 6.07) is 0.0516. The van der Waals surface area contributed by atoms with E-state index >= 15 is 0 Å². The topological polar surface area (TPSA) is 80.5 Å². The molecule has 2 rings (SSSR count). The summed E-state index contributed by atoms with van der Waals surface area (Å²) in [6.07, 6.45) is 4.27. The summed E-state index contributed by atoms with van der Waals surface area (Å²) in [5.41, 5.74) is 0. The Balaban J connectivity index is 1.81. The molecule has 2 unspecified atom stereocenters. The summed E-state index contributed by atoms with van der Waals surface area (Å²) in [5.74, 6) is 1.02. The molecule has 1 heterocycles. The maximum atomic E-state index is 12.1. The highest BCUT2D eigenvalue weighted by molar-refractivity contribution is 5.74. The quantitative estimate of drug-likeness (QED) is 0.904. The van der Waals surface area contributed by atoms with Crippen molar-refractivity contribution in [3.63, 3.8) is 0 Å². The van der Waals surface area contributed by atoms with Gasteiger partial charge in [0.2, 0.25) is 5.89 Å². The summed E-state index contributed by atoms with van der Waals surface area (Å²) in [4.78, 5) is 17.7. The summed E-state index contributed by atoms with van der Waals surface area (Å²) in [7, 11) is 3.43. The fourth-order valence-electron chi connectivity index (χ4n) is 2.45. The lowest BCUT2D eigenvalue weighted by Gasteiger charge is -2.30. The predicted octanol–water partition coefficient (Wildman–Crippen LogP) is 1.48. The fraction of sp³-hybridized carbons (Fsp3) is 0.769. The number of hydrogen-bond donors (Lipinski definition) is 1. The molecule has 20 heavy (non-hydrogen) atoms. The Hall–Kier alpha value is -1.63. The number of methoxy groups -OCH3 is 1. The van der Waals surface area contributed by atoms with Crippen molar-refractivity contribution < 1.29 is 14.1 Å². The van der Waals surface area contributed by atoms with Crippen LogP contribution in [0.2, 0.25) is 0 Å². The second-order valence-electron chi connectivity index (χ2n) is 5.26. The molecule has 112 valence electrons. The van der Waals surface area contributed by atoms with Crippen molar-refractivity contribution in [3.05, 3.63) is 11.7 Å². The van der Waals surface area contributed by atoms with Gasteiger partial charge in [-0.15, -0.1) is 0 Å². The molecule has 1 aromatic rings. The molecule has 0 aliphatic heterocycles. The molecular formula is C13H22N4O3. The Morgan fingerprint density at radius 1 is 1.55 bits per heavy atom. The predicted molar refractivity (Wildman–Crippen MR) is 72.1 cm³/mol. The number of aryl methyl sites for hydroxylation is 1. The van der Waals surface area contributed by atoms with Crippen LogP contribution in [0.5, 0.6) is 0 Å². The average Bonchev–Trinajstić information content (AvgIpc) is 2.84. The molecule has 0 aromatic carbocycles. The third-order valence-corrected chi connectivity index (χ3v) is 3.58. The second kappa shape index (κ2) is 6.69. The minimum Gasteiger partial charge on any atom is -0.381 e. The Bertz CT molecular complexity index is 449. The molecule has 1 aliphatic carbocycles. The van der Waals surface area contributed by atoms with Gasteiger partial charge >= 0.3 is 6.03 Å². The number of nitrogens with one attached hydrogen (secondary N) is 1. The van der Waals surface area contributed by atoms with E-state index in [-0.39, 0.29) is 18.2 Å². The molecule has 7 nitrogen and oxygen atoms in total. The van der Waals surface area contributed by atoms with Gasteiger partial charge in [-0.2, -0.15) is 4.98 Å². The molecule has 7 heteroatoms.